The van der Waals surface area contributed by atoms with E-state index in [0.29, 0.717) is 11.8 Å². The van der Waals surface area contributed by atoms with E-state index in [1.165, 1.54) is 78.0 Å². The first kappa shape index (κ1) is 27.5. The smallest absolute Gasteiger partial charge is 0.0534 e. The molecule has 230 valence electrons. The Morgan fingerprint density at radius 3 is 2.44 bits per heavy atom. The Kier molecular flexibility index (Phi) is 6.30. The Balaban J connectivity index is 1.08. The van der Waals surface area contributed by atoms with Gasteiger partial charge < -0.3 is 9.47 Å². The zero-order valence-corrected chi connectivity index (χ0v) is 26.9. The first-order chi connectivity index (χ1) is 23.8. The van der Waals surface area contributed by atoms with Crippen molar-refractivity contribution in [2.45, 2.75) is 37.5 Å². The van der Waals surface area contributed by atoms with E-state index in [-0.39, 0.29) is 0 Å². The fourth-order valence-corrected chi connectivity index (χ4v) is 8.61. The predicted octanol–water partition coefficient (Wildman–Crippen LogP) is 11.9. The van der Waals surface area contributed by atoms with E-state index >= 15 is 0 Å². The summed E-state index contributed by atoms with van der Waals surface area (Å²) in [5.41, 5.74) is 15.0. The summed E-state index contributed by atoms with van der Waals surface area (Å²) in [6, 6.07) is 42.7. The summed E-state index contributed by atoms with van der Waals surface area (Å²) in [5, 5.41) is 4.01. The number of benzene rings is 5. The minimum atomic E-state index is 0.343. The molecule has 0 amide bonds. The van der Waals surface area contributed by atoms with Crippen LogP contribution in [-0.4, -0.2) is 4.57 Å². The third kappa shape index (κ3) is 4.33. The lowest BCUT2D eigenvalue weighted by atomic mass is 9.83. The SMILES string of the molecule is C1=CCCC(n2c3c(c4cc(C5=CC=C6C(C5)c5ccccc5N6c5ccccc5)ccc42)CC(c2ccc4ccccc4c2)C=C3)=C1. The second-order valence-corrected chi connectivity index (χ2v) is 13.6. The van der Waals surface area contributed by atoms with Crippen LogP contribution in [-0.2, 0) is 6.42 Å². The number of hydrogen-bond acceptors (Lipinski definition) is 1. The molecule has 2 heterocycles. The van der Waals surface area contributed by atoms with E-state index in [9.17, 15) is 0 Å². The number of rotatable bonds is 4. The summed E-state index contributed by atoms with van der Waals surface area (Å²) in [7, 11) is 0. The molecule has 2 nitrogen and oxygen atoms in total. The van der Waals surface area contributed by atoms with Gasteiger partial charge in [0.1, 0.15) is 0 Å². The maximum absolute atomic E-state index is 2.54. The van der Waals surface area contributed by atoms with Gasteiger partial charge in [-0.1, -0.05) is 109 Å². The van der Waals surface area contributed by atoms with Crippen LogP contribution in [0.15, 0.2) is 157 Å². The molecule has 48 heavy (non-hydrogen) atoms. The fourth-order valence-electron chi connectivity index (χ4n) is 8.61. The molecule has 5 aromatic carbocycles. The van der Waals surface area contributed by atoms with Gasteiger partial charge in [0, 0.05) is 45.7 Å². The molecule has 0 spiro atoms. The van der Waals surface area contributed by atoms with Crippen LogP contribution in [0.4, 0.5) is 11.4 Å². The third-order valence-electron chi connectivity index (χ3n) is 10.9. The van der Waals surface area contributed by atoms with E-state index in [4.69, 9.17) is 0 Å². The lowest BCUT2D eigenvalue weighted by Gasteiger charge is -2.26. The Labute approximate surface area is 282 Å². The molecule has 1 aliphatic heterocycles. The maximum Gasteiger partial charge on any atom is 0.0534 e. The van der Waals surface area contributed by atoms with Gasteiger partial charge in [-0.25, -0.2) is 0 Å². The van der Waals surface area contributed by atoms with Gasteiger partial charge in [-0.2, -0.15) is 0 Å². The van der Waals surface area contributed by atoms with Crippen molar-refractivity contribution < 1.29 is 0 Å². The molecule has 6 aromatic rings. The quantitative estimate of drug-likeness (QED) is 0.191. The highest BCUT2D eigenvalue weighted by atomic mass is 15.2. The molecule has 3 aliphatic carbocycles. The zero-order chi connectivity index (χ0) is 31.6. The van der Waals surface area contributed by atoms with Crippen molar-refractivity contribution in [3.05, 3.63) is 185 Å². The summed E-state index contributed by atoms with van der Waals surface area (Å²) in [5.74, 6) is 0.693. The molecule has 2 heteroatoms. The normalized spacial score (nSPS) is 19.5. The molecule has 0 fully saturated rings. The van der Waals surface area contributed by atoms with Crippen LogP contribution in [0.5, 0.6) is 0 Å². The summed E-state index contributed by atoms with van der Waals surface area (Å²) in [4.78, 5) is 2.46. The zero-order valence-electron chi connectivity index (χ0n) is 26.9. The molecule has 2 unspecified atom stereocenters. The average molecular weight is 617 g/mol. The van der Waals surface area contributed by atoms with E-state index < -0.39 is 0 Å². The molecular weight excluding hydrogens is 581 g/mol. The molecule has 4 aliphatic rings. The molecule has 0 saturated carbocycles. The highest BCUT2D eigenvalue weighted by Gasteiger charge is 2.36. The van der Waals surface area contributed by atoms with Crippen LogP contribution in [0.2, 0.25) is 0 Å². The molecule has 2 atom stereocenters. The second-order valence-electron chi connectivity index (χ2n) is 13.6. The van der Waals surface area contributed by atoms with Gasteiger partial charge in [-0.15, -0.1) is 0 Å². The van der Waals surface area contributed by atoms with E-state index in [1.807, 2.05) is 0 Å². The standard InChI is InChI=1S/C46H36N2/c1-3-13-37(14-4-1)47-43-18-10-9-17-39(43)40-28-35(22-24-44(40)47)36-23-26-46-42(30-36)41-29-34(33-20-19-31-11-7-8-12-32(31)27-33)21-25-45(41)48(46)38-15-5-2-6-16-38/h1-5,7-15,17-27,30,34,40H,6,16,28-29H2. The number of para-hydroxylation sites is 2. The van der Waals surface area contributed by atoms with Crippen LogP contribution >= 0.6 is 0 Å². The van der Waals surface area contributed by atoms with Gasteiger partial charge in [0.25, 0.3) is 0 Å². The fraction of sp³-hybridized carbons (Fsp3) is 0.130. The molecule has 0 N–H and O–H groups in total. The largest absolute Gasteiger partial charge is 0.313 e. The van der Waals surface area contributed by atoms with Crippen molar-refractivity contribution in [3.8, 4) is 0 Å². The Hall–Kier alpha value is -5.60. The number of fused-ring (bicyclic) bond motifs is 7. The maximum atomic E-state index is 2.54. The number of allylic oxidation sites excluding steroid dienone is 9. The highest BCUT2D eigenvalue weighted by Crippen LogP contribution is 2.53. The van der Waals surface area contributed by atoms with Crippen molar-refractivity contribution in [1.29, 1.82) is 0 Å². The van der Waals surface area contributed by atoms with Gasteiger partial charge in [0.2, 0.25) is 0 Å². The first-order valence-electron chi connectivity index (χ1n) is 17.4. The van der Waals surface area contributed by atoms with Gasteiger partial charge in [0.15, 0.2) is 0 Å². The lowest BCUT2D eigenvalue weighted by molar-refractivity contribution is 0.824. The lowest BCUT2D eigenvalue weighted by Crippen LogP contribution is -2.15. The van der Waals surface area contributed by atoms with Crippen LogP contribution < -0.4 is 4.90 Å². The van der Waals surface area contributed by atoms with Gasteiger partial charge in [-0.05, 0) is 113 Å². The number of nitrogens with zero attached hydrogens (tertiary/aromatic N) is 2. The number of hydrogen-bond donors (Lipinski definition) is 0. The van der Waals surface area contributed by atoms with Crippen molar-refractivity contribution in [1.82, 2.24) is 4.57 Å². The average Bonchev–Trinajstić information content (AvgIpc) is 3.67. The van der Waals surface area contributed by atoms with Gasteiger partial charge >= 0.3 is 0 Å². The topological polar surface area (TPSA) is 8.17 Å². The highest BCUT2D eigenvalue weighted by molar-refractivity contribution is 5.95. The number of anilines is 2. The van der Waals surface area contributed by atoms with Crippen molar-refractivity contribution in [3.63, 3.8) is 0 Å². The van der Waals surface area contributed by atoms with E-state index in [2.05, 4.69) is 167 Å². The van der Waals surface area contributed by atoms with Crippen molar-refractivity contribution in [2.24, 2.45) is 0 Å². The molecule has 0 bridgehead atoms. The molecule has 1 aromatic heterocycles. The molecule has 0 radical (unpaired) electrons. The van der Waals surface area contributed by atoms with Gasteiger partial charge in [-0.3, -0.25) is 0 Å². The summed E-state index contributed by atoms with van der Waals surface area (Å²) < 4.78 is 2.54. The predicted molar refractivity (Wildman–Crippen MR) is 202 cm³/mol. The first-order valence-corrected chi connectivity index (χ1v) is 17.4. The van der Waals surface area contributed by atoms with Crippen LogP contribution in [0, 0.1) is 0 Å². The molecule has 10 rings (SSSR count). The second kappa shape index (κ2) is 11.0. The third-order valence-corrected chi connectivity index (χ3v) is 10.9. The molecule has 0 saturated heterocycles. The minimum absolute atomic E-state index is 0.343. The summed E-state index contributed by atoms with van der Waals surface area (Å²) in [6.45, 7) is 0. The molecular formula is C46H36N2. The minimum Gasteiger partial charge on any atom is -0.313 e. The Bertz CT molecular complexity index is 2410. The van der Waals surface area contributed by atoms with Gasteiger partial charge in [0.05, 0.1) is 5.52 Å². The summed E-state index contributed by atoms with van der Waals surface area (Å²) in [6.07, 6.45) is 20.6. The summed E-state index contributed by atoms with van der Waals surface area (Å²) >= 11 is 0. The van der Waals surface area contributed by atoms with E-state index in [0.717, 1.165) is 25.7 Å². The van der Waals surface area contributed by atoms with E-state index in [1.54, 1.807) is 0 Å². The monoisotopic (exact) mass is 616 g/mol. The van der Waals surface area contributed by atoms with Crippen LogP contribution in [0.3, 0.4) is 0 Å². The van der Waals surface area contributed by atoms with Crippen LogP contribution in [0.25, 0.3) is 39.0 Å². The Morgan fingerprint density at radius 1 is 0.688 bits per heavy atom. The Morgan fingerprint density at radius 2 is 1.54 bits per heavy atom. The number of aromatic nitrogens is 1. The van der Waals surface area contributed by atoms with Crippen molar-refractivity contribution in [2.75, 3.05) is 4.90 Å². The van der Waals surface area contributed by atoms with Crippen LogP contribution in [0.1, 0.15) is 59.0 Å². The van der Waals surface area contributed by atoms with Crippen molar-refractivity contribution >= 4 is 50.4 Å².